The monoisotopic (exact) mass is 1820 g/mol. The van der Waals surface area contributed by atoms with Crippen molar-refractivity contribution in [2.75, 3.05) is 27.7 Å². The van der Waals surface area contributed by atoms with Crippen LogP contribution in [-0.4, -0.2) is 127 Å². The van der Waals surface area contributed by atoms with Crippen molar-refractivity contribution < 1.29 is 59.3 Å². The number of nitrogens with two attached hydrogens (primary N) is 2. The number of rotatable bonds is 39. The standard InChI is InChI=1S/C40H49N7O4S2.C37H48N6O4S2.CH5N.CH4.HI.W/c1-29(2)38-43-34(26-52-38)24-46(3)39(49)45-36(16-18-47-19-17-41-27-47)37(48)22-32(20-30-10-6-4-7-11-30)14-15-33(21-31-12-8-5-9-13-31)44-40(50)51-25-35-23-42-28-53-35;1-26(2)35-40-31(24-48-35)22-43(3)36(45)42-33(16-17-38)34(44)20-29(18-27-10-6-4-7-11-27)14-15-30(19-28-12-8-5-9-13-28)41-37(46)47-23-32-21-39-25-49-32;1-2;;;/h4-13,17,19,23,26-29,32-33,36H,14-16,18,20-22,24-25H2,1-3H3,(H,44,50)(H,45,49);4-13,21,24-26,29-30,33H,14-20,22-23,38H2,1-3H3,(H,41,46)(H,42,45);2H2,1H3;1H4;1H;/t32-,33-,36-;29-,30-,33-;;;;/m00..../s1. The maximum absolute atomic E-state index is 14.2. The van der Waals surface area contributed by atoms with E-state index in [1.807, 2.05) is 119 Å². The Morgan fingerprint density at radius 3 is 1.23 bits per heavy atom. The molecule has 4 aromatic carbocycles. The number of benzene rings is 4. The second-order valence-electron chi connectivity index (χ2n) is 26.3. The van der Waals surface area contributed by atoms with Crippen LogP contribution < -0.4 is 32.7 Å². The number of aromatic nitrogens is 6. The van der Waals surface area contributed by atoms with E-state index >= 15 is 0 Å². The molecule has 0 unspecified atom stereocenters. The second kappa shape index (κ2) is 50.9. The molecule has 0 aliphatic rings. The Balaban J connectivity index is 0.000000432. The van der Waals surface area contributed by atoms with Crippen LogP contribution in [0.3, 0.4) is 0 Å². The van der Waals surface area contributed by atoms with Crippen molar-refractivity contribution in [1.29, 1.82) is 0 Å². The van der Waals surface area contributed by atoms with Crippen LogP contribution in [0.5, 0.6) is 0 Å². The van der Waals surface area contributed by atoms with E-state index in [2.05, 4.69) is 104 Å². The van der Waals surface area contributed by atoms with Gasteiger partial charge < -0.3 is 56.6 Å². The number of thiazole rings is 4. The molecule has 22 nitrogen and oxygen atoms in total. The summed E-state index contributed by atoms with van der Waals surface area (Å²) < 4.78 is 12.9. The van der Waals surface area contributed by atoms with Gasteiger partial charge >= 0.3 is 24.2 Å². The Morgan fingerprint density at radius 2 is 0.897 bits per heavy atom. The minimum absolute atomic E-state index is 0. The smallest absolute Gasteiger partial charge is 0.407 e. The van der Waals surface area contributed by atoms with Crippen LogP contribution in [0.2, 0.25) is 0 Å². The number of hydrogen-bond acceptors (Lipinski definition) is 19. The van der Waals surface area contributed by atoms with Crippen LogP contribution in [0.4, 0.5) is 19.2 Å². The van der Waals surface area contributed by atoms with Crippen molar-refractivity contribution in [2.24, 2.45) is 23.3 Å². The van der Waals surface area contributed by atoms with E-state index in [0.717, 1.165) is 53.4 Å². The molecule has 8 N–H and O–H groups in total. The molecule has 0 fully saturated rings. The number of ether oxygens (including phenoxy) is 2. The van der Waals surface area contributed by atoms with Crippen LogP contribution in [0, 0.1) is 11.8 Å². The first-order valence-electron chi connectivity index (χ1n) is 35.4. The van der Waals surface area contributed by atoms with Gasteiger partial charge in [-0.05, 0) is 112 Å². The normalized spacial score (nSPS) is 12.4. The van der Waals surface area contributed by atoms with E-state index in [1.54, 1.807) is 82.5 Å². The fraction of sp³-hybridized carbons (Fsp3) is 0.430. The Bertz CT molecular complexity index is 3900. The third-order valence-electron chi connectivity index (χ3n) is 17.2. The molecule has 6 atom stereocenters. The number of amides is 6. The maximum Gasteiger partial charge on any atom is 0.407 e. The number of ketones is 2. The van der Waals surface area contributed by atoms with Gasteiger partial charge in [0, 0.05) is 114 Å². The van der Waals surface area contributed by atoms with E-state index in [9.17, 15) is 28.8 Å². The second-order valence-corrected chi connectivity index (χ2v) is 30.0. The van der Waals surface area contributed by atoms with Crippen LogP contribution in [-0.2, 0) is 98.7 Å². The predicted molar refractivity (Wildman–Crippen MR) is 436 cm³/mol. The summed E-state index contributed by atoms with van der Waals surface area (Å²) in [7, 11) is 4.93. The number of alkyl carbamates (subject to hydrolysis) is 2. The molecule has 9 aromatic rings. The number of imidazole rings is 1. The quantitative estimate of drug-likeness (QED) is 0.0195. The summed E-state index contributed by atoms with van der Waals surface area (Å²) in [6, 6.07) is 37.8. The Labute approximate surface area is 679 Å². The summed E-state index contributed by atoms with van der Waals surface area (Å²) in [5, 5.41) is 18.1. The molecule has 0 spiro atoms. The van der Waals surface area contributed by atoms with Gasteiger partial charge in [0.25, 0.3) is 0 Å². The fourth-order valence-corrected chi connectivity index (χ4v) is 14.4. The molecule has 9 rings (SSSR count). The topological polar surface area (TPSA) is 297 Å². The first-order valence-corrected chi connectivity index (χ1v) is 38.9. The van der Waals surface area contributed by atoms with Crippen LogP contribution in [0.1, 0.15) is 152 Å². The van der Waals surface area contributed by atoms with Crippen molar-refractivity contribution in [3.8, 4) is 0 Å². The van der Waals surface area contributed by atoms with Crippen LogP contribution in [0.25, 0.3) is 0 Å². The van der Waals surface area contributed by atoms with Crippen molar-refractivity contribution >= 4 is 105 Å². The van der Waals surface area contributed by atoms with Gasteiger partial charge in [0.2, 0.25) is 0 Å². The van der Waals surface area contributed by atoms with E-state index in [-0.39, 0.29) is 133 Å². The molecule has 578 valence electrons. The van der Waals surface area contributed by atoms with Crippen LogP contribution >= 0.6 is 69.3 Å². The maximum atomic E-state index is 14.2. The molecule has 28 heteroatoms. The summed E-state index contributed by atoms with van der Waals surface area (Å²) in [5.74, 6) is 0.492. The Morgan fingerprint density at radius 1 is 0.514 bits per heavy atom. The van der Waals surface area contributed by atoms with Gasteiger partial charge in [-0.25, -0.2) is 34.1 Å². The predicted octanol–water partition coefficient (Wildman–Crippen LogP) is 15.2. The molecule has 0 aliphatic heterocycles. The number of aryl methyl sites for hydroxylation is 1. The number of nitrogens with one attached hydrogen (secondary N) is 4. The summed E-state index contributed by atoms with van der Waals surface area (Å²) in [4.78, 5) is 107. The average molecular weight is 1820 g/mol. The molecule has 0 saturated carbocycles. The Hall–Kier alpha value is -7.63. The van der Waals surface area contributed by atoms with Gasteiger partial charge in [-0.3, -0.25) is 19.6 Å². The van der Waals surface area contributed by atoms with Crippen molar-refractivity contribution in [2.45, 2.75) is 181 Å². The minimum atomic E-state index is -0.708. The number of carbonyl (C=O) groups excluding carboxylic acids is 6. The molecule has 5 aromatic heterocycles. The molecule has 6 amide bonds. The Kier molecular flexibility index (Phi) is 43.6. The molecule has 5 heterocycles. The first-order chi connectivity index (χ1) is 50.4. The van der Waals surface area contributed by atoms with Crippen molar-refractivity contribution in [1.82, 2.24) is 60.6 Å². The number of Topliss-reactive ketones (excluding diaryl/α,β-unsaturated/α-hetero) is 2. The third kappa shape index (κ3) is 34.2. The minimum Gasteiger partial charge on any atom is -0.444 e. The molecule has 107 heavy (non-hydrogen) atoms. The third-order valence-corrected chi connectivity index (χ3v) is 21.1. The summed E-state index contributed by atoms with van der Waals surface area (Å²) in [5.41, 5.74) is 19.9. The van der Waals surface area contributed by atoms with Gasteiger partial charge in [0.1, 0.15) is 13.2 Å². The van der Waals surface area contributed by atoms with Crippen molar-refractivity contribution in [3.63, 3.8) is 0 Å². The van der Waals surface area contributed by atoms with E-state index in [1.165, 1.54) is 29.7 Å². The van der Waals surface area contributed by atoms with Gasteiger partial charge in [-0.15, -0.1) is 69.3 Å². The molecule has 0 aliphatic carbocycles. The number of carbonyl (C=O) groups is 6. The summed E-state index contributed by atoms with van der Waals surface area (Å²) >= 11 is 6.04. The average Bonchev–Trinajstić information content (AvgIpc) is 1.85. The SMILES string of the molecule is C.CC(C)c1nc(CN(C)C(=O)N[C@@H](CCN)C(=O)C[C@@H](CC[C@@H](Cc2ccccc2)NC(=O)OCc2cncs2)Cc2ccccc2)cs1.CC(C)c1nc(CN(C)C(=O)N[C@@H](CCn2ccnc2)C(=O)C[C@@H](CC[C@@H](Cc2ccccc2)NC(=O)OCc2cncs2)Cc2ccccc2)cs1.CN.I.[W]. The molecular formula is C79H107IN14O8S4W. The van der Waals surface area contributed by atoms with Crippen molar-refractivity contribution in [3.05, 3.63) is 228 Å². The van der Waals surface area contributed by atoms with Gasteiger partial charge in [0.05, 0.1) is 73.7 Å². The zero-order chi connectivity index (χ0) is 74.4. The first kappa shape index (κ1) is 91.8. The number of nitrogens with zero attached hydrogens (tertiary/aromatic N) is 8. The number of urea groups is 2. The van der Waals surface area contributed by atoms with Crippen LogP contribution in [0.15, 0.2) is 174 Å². The summed E-state index contributed by atoms with van der Waals surface area (Å²) in [6.45, 7) is 10.2. The van der Waals surface area contributed by atoms with Gasteiger partial charge in [0.15, 0.2) is 11.6 Å². The van der Waals surface area contributed by atoms with E-state index in [0.29, 0.717) is 95.7 Å². The molecule has 0 bridgehead atoms. The fourth-order valence-electron chi connectivity index (χ4n) is 11.7. The van der Waals surface area contributed by atoms with E-state index < -0.39 is 24.3 Å². The molecular weight excluding hydrogens is 1710 g/mol. The number of hydrogen-bond donors (Lipinski definition) is 6. The molecule has 0 saturated heterocycles. The summed E-state index contributed by atoms with van der Waals surface area (Å²) in [6.07, 6.45) is 14.2. The molecule has 0 radical (unpaired) electrons. The zero-order valence-corrected chi connectivity index (χ0v) is 70.1. The van der Waals surface area contributed by atoms with E-state index in [4.69, 9.17) is 15.2 Å². The van der Waals surface area contributed by atoms with Gasteiger partial charge in [-0.1, -0.05) is 156 Å². The zero-order valence-electron chi connectivity index (χ0n) is 61.5. The largest absolute Gasteiger partial charge is 0.444 e. The van der Waals surface area contributed by atoms with Gasteiger partial charge in [-0.2, -0.15) is 0 Å². The number of halogens is 1.